The van der Waals surface area contributed by atoms with E-state index in [0.29, 0.717) is 0 Å². The van der Waals surface area contributed by atoms with Gasteiger partial charge in [-0.1, -0.05) is 36.9 Å². The fourth-order valence-corrected chi connectivity index (χ4v) is 3.69. The number of esters is 1. The Morgan fingerprint density at radius 1 is 1.07 bits per heavy atom. The molecule has 3 rings (SSSR count). The van der Waals surface area contributed by atoms with E-state index in [1.165, 1.54) is 24.3 Å². The van der Waals surface area contributed by atoms with Gasteiger partial charge in [-0.15, -0.1) is 0 Å². The Bertz CT molecular complexity index is 1190. The predicted molar refractivity (Wildman–Crippen MR) is 97.4 cm³/mol. The van der Waals surface area contributed by atoms with E-state index in [0.717, 1.165) is 0 Å². The third-order valence-corrected chi connectivity index (χ3v) is 5.41. The summed E-state index contributed by atoms with van der Waals surface area (Å²) >= 11 is 0. The van der Waals surface area contributed by atoms with Crippen molar-refractivity contribution in [3.05, 3.63) is 77.2 Å². The number of aromatic hydroxyl groups is 1. The SMILES string of the molecule is C=C(CS(=O)(=O)c1ccccc1)C(=O)Oc1c(O)c2ccccc2oc1=O. The summed E-state index contributed by atoms with van der Waals surface area (Å²) in [6.45, 7) is 3.42. The smallest absolute Gasteiger partial charge is 0.383 e. The molecule has 0 aliphatic carbocycles. The number of hydrogen-bond donors (Lipinski definition) is 1. The van der Waals surface area contributed by atoms with Crippen LogP contribution >= 0.6 is 0 Å². The van der Waals surface area contributed by atoms with Crippen molar-refractivity contribution >= 4 is 26.8 Å². The molecule has 0 bridgehead atoms. The first-order valence-electron chi connectivity index (χ1n) is 7.72. The Labute approximate surface area is 154 Å². The van der Waals surface area contributed by atoms with Crippen molar-refractivity contribution in [1.82, 2.24) is 0 Å². The number of rotatable bonds is 5. The molecule has 0 radical (unpaired) electrons. The normalized spacial score (nSPS) is 11.3. The highest BCUT2D eigenvalue weighted by molar-refractivity contribution is 7.91. The zero-order chi connectivity index (χ0) is 19.6. The fraction of sp³-hybridized carbons (Fsp3) is 0.0526. The summed E-state index contributed by atoms with van der Waals surface area (Å²) in [4.78, 5) is 24.2. The molecule has 0 aliphatic rings. The van der Waals surface area contributed by atoms with Gasteiger partial charge in [0.15, 0.2) is 15.6 Å². The largest absolute Gasteiger partial charge is 0.504 e. The summed E-state index contributed by atoms with van der Waals surface area (Å²) in [5, 5.41) is 10.4. The number of hydrogen-bond acceptors (Lipinski definition) is 7. The second kappa shape index (κ2) is 7.08. The minimum atomic E-state index is -3.82. The second-order valence-electron chi connectivity index (χ2n) is 5.63. The summed E-state index contributed by atoms with van der Waals surface area (Å²) in [6, 6.07) is 13.7. The average molecular weight is 386 g/mol. The van der Waals surface area contributed by atoms with Gasteiger partial charge in [0.05, 0.1) is 16.0 Å². The maximum atomic E-state index is 12.3. The lowest BCUT2D eigenvalue weighted by Crippen LogP contribution is -2.21. The van der Waals surface area contributed by atoms with Gasteiger partial charge in [0.25, 0.3) is 5.75 Å². The quantitative estimate of drug-likeness (QED) is 0.407. The molecule has 27 heavy (non-hydrogen) atoms. The number of carbonyl (C=O) groups is 1. The van der Waals surface area contributed by atoms with Crippen molar-refractivity contribution in [3.63, 3.8) is 0 Å². The average Bonchev–Trinajstić information content (AvgIpc) is 2.65. The zero-order valence-electron chi connectivity index (χ0n) is 13.9. The highest BCUT2D eigenvalue weighted by Crippen LogP contribution is 2.31. The van der Waals surface area contributed by atoms with Crippen molar-refractivity contribution in [3.8, 4) is 11.5 Å². The molecule has 1 heterocycles. The summed E-state index contributed by atoms with van der Waals surface area (Å²) in [5.41, 5.74) is -1.35. The number of ether oxygens (including phenoxy) is 1. The highest BCUT2D eigenvalue weighted by atomic mass is 32.2. The maximum absolute atomic E-state index is 12.3. The molecule has 0 unspecified atom stereocenters. The summed E-state index contributed by atoms with van der Waals surface area (Å²) < 4.78 is 34.5. The molecule has 0 atom stereocenters. The van der Waals surface area contributed by atoms with Crippen molar-refractivity contribution in [2.75, 3.05) is 5.75 Å². The van der Waals surface area contributed by atoms with Gasteiger partial charge in [0.2, 0.25) is 0 Å². The van der Waals surface area contributed by atoms with Gasteiger partial charge in [-0.25, -0.2) is 18.0 Å². The molecule has 138 valence electrons. The van der Waals surface area contributed by atoms with Crippen molar-refractivity contribution in [2.24, 2.45) is 0 Å². The Morgan fingerprint density at radius 2 is 1.70 bits per heavy atom. The Kier molecular flexibility index (Phi) is 4.83. The molecule has 0 fully saturated rings. The molecule has 2 aromatic carbocycles. The molecule has 0 spiro atoms. The lowest BCUT2D eigenvalue weighted by molar-refractivity contribution is -0.130. The van der Waals surface area contributed by atoms with Crippen molar-refractivity contribution in [1.29, 1.82) is 0 Å². The van der Waals surface area contributed by atoms with E-state index in [1.54, 1.807) is 30.3 Å². The van der Waals surface area contributed by atoms with Crippen LogP contribution in [0.3, 0.4) is 0 Å². The molecule has 0 saturated carbocycles. The number of fused-ring (bicyclic) bond motifs is 1. The van der Waals surface area contributed by atoms with Crippen LogP contribution in [0.5, 0.6) is 11.5 Å². The molecule has 7 nitrogen and oxygen atoms in total. The number of para-hydroxylation sites is 1. The Balaban J connectivity index is 1.85. The fourth-order valence-electron chi connectivity index (χ4n) is 2.37. The van der Waals surface area contributed by atoms with Gasteiger partial charge in [0.1, 0.15) is 5.58 Å². The molecule has 0 amide bonds. The summed E-state index contributed by atoms with van der Waals surface area (Å²) in [5.74, 6) is -3.16. The molecule has 8 heteroatoms. The number of sulfone groups is 1. The Morgan fingerprint density at radius 3 is 2.41 bits per heavy atom. The molecular formula is C19H14O7S. The minimum Gasteiger partial charge on any atom is -0.504 e. The van der Waals surface area contributed by atoms with Crippen LogP contribution in [0, 0.1) is 0 Å². The topological polar surface area (TPSA) is 111 Å². The van der Waals surface area contributed by atoms with Crippen molar-refractivity contribution < 1.29 is 27.5 Å². The standard InChI is InChI=1S/C19H14O7S/c1-12(11-27(23,24)13-7-3-2-4-8-13)18(21)26-17-16(20)14-9-5-6-10-15(14)25-19(17)22/h2-10,20H,1,11H2. The van der Waals surface area contributed by atoms with E-state index in [-0.39, 0.29) is 15.9 Å². The van der Waals surface area contributed by atoms with Gasteiger partial charge < -0.3 is 14.3 Å². The molecule has 0 saturated heterocycles. The highest BCUT2D eigenvalue weighted by Gasteiger charge is 2.24. The lowest BCUT2D eigenvalue weighted by atomic mass is 10.2. The van der Waals surface area contributed by atoms with Crippen LogP contribution in [0.4, 0.5) is 0 Å². The molecule has 1 aromatic heterocycles. The van der Waals surface area contributed by atoms with Gasteiger partial charge >= 0.3 is 11.6 Å². The zero-order valence-corrected chi connectivity index (χ0v) is 14.7. The molecular weight excluding hydrogens is 372 g/mol. The van der Waals surface area contributed by atoms with E-state index in [9.17, 15) is 23.1 Å². The summed E-state index contributed by atoms with van der Waals surface area (Å²) in [6.07, 6.45) is 0. The van der Waals surface area contributed by atoms with Crippen LogP contribution < -0.4 is 10.4 Å². The van der Waals surface area contributed by atoms with Gasteiger partial charge in [0, 0.05) is 5.57 Å². The predicted octanol–water partition coefficient (Wildman–Crippen LogP) is 2.43. The molecule has 0 aliphatic heterocycles. The van der Waals surface area contributed by atoms with Crippen LogP contribution in [-0.4, -0.2) is 25.2 Å². The first-order chi connectivity index (χ1) is 12.8. The van der Waals surface area contributed by atoms with Gasteiger partial charge in [-0.05, 0) is 24.3 Å². The number of carbonyl (C=O) groups excluding carboxylic acids is 1. The maximum Gasteiger partial charge on any atom is 0.383 e. The van der Waals surface area contributed by atoms with Crippen LogP contribution in [0.2, 0.25) is 0 Å². The van der Waals surface area contributed by atoms with E-state index in [2.05, 4.69) is 6.58 Å². The van der Waals surface area contributed by atoms with E-state index < -0.39 is 44.3 Å². The molecule has 3 aromatic rings. The van der Waals surface area contributed by atoms with E-state index in [4.69, 9.17) is 9.15 Å². The van der Waals surface area contributed by atoms with Gasteiger partial charge in [-0.2, -0.15) is 0 Å². The van der Waals surface area contributed by atoms with Crippen LogP contribution in [-0.2, 0) is 14.6 Å². The van der Waals surface area contributed by atoms with E-state index >= 15 is 0 Å². The molecule has 1 N–H and O–H groups in total. The monoisotopic (exact) mass is 386 g/mol. The van der Waals surface area contributed by atoms with Crippen molar-refractivity contribution in [2.45, 2.75) is 4.90 Å². The second-order valence-corrected chi connectivity index (χ2v) is 7.62. The first kappa shape index (κ1) is 18.4. The van der Waals surface area contributed by atoms with Crippen LogP contribution in [0.15, 0.2) is 80.9 Å². The third kappa shape index (κ3) is 3.75. The Hall–Kier alpha value is -3.39. The van der Waals surface area contributed by atoms with Crippen LogP contribution in [0.25, 0.3) is 11.0 Å². The number of benzene rings is 2. The van der Waals surface area contributed by atoms with Crippen LogP contribution in [0.1, 0.15) is 0 Å². The lowest BCUT2D eigenvalue weighted by Gasteiger charge is -2.09. The van der Waals surface area contributed by atoms with E-state index in [1.807, 2.05) is 0 Å². The van der Waals surface area contributed by atoms with Gasteiger partial charge in [-0.3, -0.25) is 0 Å². The summed E-state index contributed by atoms with van der Waals surface area (Å²) in [7, 11) is -3.82. The first-order valence-corrected chi connectivity index (χ1v) is 9.37. The minimum absolute atomic E-state index is 0.0204. The third-order valence-electron chi connectivity index (χ3n) is 3.70.